The van der Waals surface area contributed by atoms with Gasteiger partial charge in [0.1, 0.15) is 0 Å². The second-order valence-electron chi connectivity index (χ2n) is 4.80. The topological polar surface area (TPSA) is 64.7 Å². The first-order valence-electron chi connectivity index (χ1n) is 6.75. The first kappa shape index (κ1) is 14.9. The average molecular weight is 288 g/mol. The molecule has 0 bridgehead atoms. The van der Waals surface area contributed by atoms with Crippen molar-refractivity contribution >= 4 is 11.8 Å². The van der Waals surface area contributed by atoms with E-state index in [4.69, 9.17) is 5.73 Å². The minimum atomic E-state index is 0.0271. The Labute approximate surface area is 124 Å². The van der Waals surface area contributed by atoms with E-state index >= 15 is 0 Å². The summed E-state index contributed by atoms with van der Waals surface area (Å²) in [4.78, 5) is 13.4. The Kier molecular flexibility index (Phi) is 5.09. The van der Waals surface area contributed by atoms with Crippen molar-refractivity contribution in [2.45, 2.75) is 43.6 Å². The number of hydrogen-bond donors (Lipinski definition) is 1. The summed E-state index contributed by atoms with van der Waals surface area (Å²) in [7, 11) is 0. The second kappa shape index (κ2) is 6.81. The third-order valence-corrected chi connectivity index (χ3v) is 4.27. The molecule has 2 heterocycles. The normalized spacial score (nSPS) is 14.0. The summed E-state index contributed by atoms with van der Waals surface area (Å²) >= 11 is 1.59. The Balaban J connectivity index is 2.28. The van der Waals surface area contributed by atoms with Crippen LogP contribution in [0.15, 0.2) is 35.6 Å². The average Bonchev–Trinajstić information content (AvgIpc) is 2.44. The molecule has 0 aliphatic heterocycles. The van der Waals surface area contributed by atoms with Crippen molar-refractivity contribution in [2.75, 3.05) is 0 Å². The lowest BCUT2D eigenvalue weighted by Crippen LogP contribution is -2.26. The molecule has 0 aliphatic carbocycles. The van der Waals surface area contributed by atoms with Crippen LogP contribution >= 0.6 is 11.8 Å². The SMILES string of the molecule is CCC(N)C(Sc1nc(C)cc(C)n1)c1ccccn1. The molecular weight excluding hydrogens is 268 g/mol. The highest BCUT2D eigenvalue weighted by Crippen LogP contribution is 2.35. The zero-order valence-corrected chi connectivity index (χ0v) is 12.9. The van der Waals surface area contributed by atoms with Crippen LogP contribution in [0.3, 0.4) is 0 Å². The molecule has 106 valence electrons. The number of rotatable bonds is 5. The molecule has 5 heteroatoms. The van der Waals surface area contributed by atoms with Crippen LogP contribution < -0.4 is 5.73 Å². The van der Waals surface area contributed by atoms with Crippen molar-refractivity contribution in [3.05, 3.63) is 47.5 Å². The van der Waals surface area contributed by atoms with Gasteiger partial charge in [0.25, 0.3) is 0 Å². The van der Waals surface area contributed by atoms with Gasteiger partial charge in [0.05, 0.1) is 10.9 Å². The summed E-state index contributed by atoms with van der Waals surface area (Å²) in [5.41, 5.74) is 9.19. The lowest BCUT2D eigenvalue weighted by atomic mass is 10.1. The second-order valence-corrected chi connectivity index (χ2v) is 5.91. The molecule has 0 saturated carbocycles. The molecule has 20 heavy (non-hydrogen) atoms. The van der Waals surface area contributed by atoms with E-state index in [-0.39, 0.29) is 11.3 Å². The summed E-state index contributed by atoms with van der Waals surface area (Å²) in [6.07, 6.45) is 2.69. The van der Waals surface area contributed by atoms with Gasteiger partial charge >= 0.3 is 0 Å². The Bertz CT molecular complexity index is 539. The van der Waals surface area contributed by atoms with Crippen molar-refractivity contribution in [1.29, 1.82) is 0 Å². The highest BCUT2D eigenvalue weighted by Gasteiger charge is 2.22. The van der Waals surface area contributed by atoms with E-state index in [0.717, 1.165) is 28.7 Å². The standard InChI is InChI=1S/C15H20N4S/c1-4-12(16)14(13-7-5-6-8-17-13)20-15-18-10(2)9-11(3)19-15/h5-9,12,14H,4,16H2,1-3H3. The molecule has 0 radical (unpaired) electrons. The van der Waals surface area contributed by atoms with E-state index in [1.807, 2.05) is 38.1 Å². The van der Waals surface area contributed by atoms with Gasteiger partial charge in [0.15, 0.2) is 5.16 Å². The molecule has 0 saturated heterocycles. The van der Waals surface area contributed by atoms with Crippen LogP contribution in [0, 0.1) is 13.8 Å². The molecule has 2 N–H and O–H groups in total. The van der Waals surface area contributed by atoms with Crippen molar-refractivity contribution in [2.24, 2.45) is 5.73 Å². The van der Waals surface area contributed by atoms with Crippen LogP contribution in [0.2, 0.25) is 0 Å². The molecule has 2 rings (SSSR count). The third-order valence-electron chi connectivity index (χ3n) is 3.03. The largest absolute Gasteiger partial charge is 0.326 e. The van der Waals surface area contributed by atoms with Crippen molar-refractivity contribution < 1.29 is 0 Å². The smallest absolute Gasteiger partial charge is 0.188 e. The molecule has 2 aromatic rings. The summed E-state index contributed by atoms with van der Waals surface area (Å²) < 4.78 is 0. The number of thioether (sulfide) groups is 1. The first-order chi connectivity index (χ1) is 9.60. The Morgan fingerprint density at radius 3 is 2.45 bits per heavy atom. The van der Waals surface area contributed by atoms with Gasteiger partial charge in [-0.1, -0.05) is 24.8 Å². The summed E-state index contributed by atoms with van der Waals surface area (Å²) in [6, 6.07) is 7.91. The monoisotopic (exact) mass is 288 g/mol. The summed E-state index contributed by atoms with van der Waals surface area (Å²) in [5.74, 6) is 0. The van der Waals surface area contributed by atoms with Gasteiger partial charge in [-0.15, -0.1) is 0 Å². The molecule has 0 aliphatic rings. The van der Waals surface area contributed by atoms with Gasteiger partial charge in [-0.25, -0.2) is 9.97 Å². The number of nitrogens with zero attached hydrogens (tertiary/aromatic N) is 3. The molecule has 2 atom stereocenters. The van der Waals surface area contributed by atoms with E-state index in [2.05, 4.69) is 21.9 Å². The number of nitrogens with two attached hydrogens (primary N) is 1. The van der Waals surface area contributed by atoms with Crippen LogP contribution in [-0.4, -0.2) is 21.0 Å². The van der Waals surface area contributed by atoms with Crippen LogP contribution in [0.4, 0.5) is 0 Å². The fraction of sp³-hybridized carbons (Fsp3) is 0.400. The number of aryl methyl sites for hydroxylation is 2. The number of pyridine rings is 1. The Morgan fingerprint density at radius 2 is 1.90 bits per heavy atom. The van der Waals surface area contributed by atoms with Gasteiger partial charge in [0.2, 0.25) is 0 Å². The van der Waals surface area contributed by atoms with Gasteiger partial charge in [-0.2, -0.15) is 0 Å². The molecule has 4 nitrogen and oxygen atoms in total. The zero-order valence-electron chi connectivity index (χ0n) is 12.1. The maximum Gasteiger partial charge on any atom is 0.188 e. The molecule has 0 amide bonds. The van der Waals surface area contributed by atoms with Crippen LogP contribution in [0.1, 0.15) is 35.7 Å². The number of hydrogen-bond acceptors (Lipinski definition) is 5. The molecule has 0 spiro atoms. The van der Waals surface area contributed by atoms with E-state index in [1.54, 1.807) is 18.0 Å². The Hall–Kier alpha value is -1.46. The predicted molar refractivity (Wildman–Crippen MR) is 82.6 cm³/mol. The third kappa shape index (κ3) is 3.77. The summed E-state index contributed by atoms with van der Waals surface area (Å²) in [6.45, 7) is 6.05. The molecule has 0 aromatic carbocycles. The maximum absolute atomic E-state index is 6.26. The van der Waals surface area contributed by atoms with Crippen LogP contribution in [0.5, 0.6) is 0 Å². The van der Waals surface area contributed by atoms with Gasteiger partial charge in [0, 0.05) is 23.6 Å². The van der Waals surface area contributed by atoms with Crippen molar-refractivity contribution in [3.8, 4) is 0 Å². The fourth-order valence-electron chi connectivity index (χ4n) is 1.99. The molecule has 0 fully saturated rings. The predicted octanol–water partition coefficient (Wildman–Crippen LogP) is 3.06. The zero-order chi connectivity index (χ0) is 14.5. The lowest BCUT2D eigenvalue weighted by molar-refractivity contribution is 0.622. The molecular formula is C15H20N4S. The van der Waals surface area contributed by atoms with Gasteiger partial charge in [-0.05, 0) is 38.5 Å². The fourth-order valence-corrected chi connectivity index (χ4v) is 3.23. The minimum Gasteiger partial charge on any atom is -0.326 e. The van der Waals surface area contributed by atoms with E-state index in [0.29, 0.717) is 0 Å². The highest BCUT2D eigenvalue weighted by atomic mass is 32.2. The van der Waals surface area contributed by atoms with E-state index in [9.17, 15) is 0 Å². The molecule has 2 unspecified atom stereocenters. The maximum atomic E-state index is 6.26. The Morgan fingerprint density at radius 1 is 1.20 bits per heavy atom. The van der Waals surface area contributed by atoms with E-state index < -0.39 is 0 Å². The lowest BCUT2D eigenvalue weighted by Gasteiger charge is -2.21. The van der Waals surface area contributed by atoms with E-state index in [1.165, 1.54) is 0 Å². The van der Waals surface area contributed by atoms with Gasteiger partial charge < -0.3 is 5.73 Å². The van der Waals surface area contributed by atoms with Crippen LogP contribution in [-0.2, 0) is 0 Å². The first-order valence-corrected chi connectivity index (χ1v) is 7.63. The number of aromatic nitrogens is 3. The quantitative estimate of drug-likeness (QED) is 0.676. The summed E-state index contributed by atoms with van der Waals surface area (Å²) in [5, 5.41) is 0.837. The van der Waals surface area contributed by atoms with Crippen molar-refractivity contribution in [1.82, 2.24) is 15.0 Å². The van der Waals surface area contributed by atoms with Gasteiger partial charge in [-0.3, -0.25) is 4.98 Å². The molecule has 2 aromatic heterocycles. The van der Waals surface area contributed by atoms with Crippen molar-refractivity contribution in [3.63, 3.8) is 0 Å². The highest BCUT2D eigenvalue weighted by molar-refractivity contribution is 7.99. The minimum absolute atomic E-state index is 0.0271. The van der Waals surface area contributed by atoms with Crippen LogP contribution in [0.25, 0.3) is 0 Å².